The highest BCUT2D eigenvalue weighted by Gasteiger charge is 2.43. The minimum Gasteiger partial charge on any atom is -0.228 e. The zero-order valence-electron chi connectivity index (χ0n) is 38.3. The summed E-state index contributed by atoms with van der Waals surface area (Å²) >= 11 is 0. The third-order valence-electron chi connectivity index (χ3n) is 14.4. The minimum absolute atomic E-state index is 0.511. The Bertz CT molecular complexity index is 2870. The van der Waals surface area contributed by atoms with Crippen LogP contribution in [0.4, 0.5) is 0 Å². The normalized spacial score (nSPS) is 13.2. The van der Waals surface area contributed by atoms with Crippen LogP contribution < -0.4 is 41.5 Å². The van der Waals surface area contributed by atoms with E-state index >= 15 is 0 Å². The molecule has 4 heteroatoms. The van der Waals surface area contributed by atoms with Crippen molar-refractivity contribution >= 4 is 57.6 Å². The first-order chi connectivity index (χ1) is 33.7. The lowest BCUT2D eigenvalue weighted by Gasteiger charge is -2.34. The van der Waals surface area contributed by atoms with E-state index in [2.05, 4.69) is 261 Å². The first-order valence-electron chi connectivity index (χ1n) is 24.3. The highest BCUT2D eigenvalue weighted by Crippen LogP contribution is 2.39. The van der Waals surface area contributed by atoms with Crippen LogP contribution in [-0.4, -0.2) is 26.1 Å². The Morgan fingerprint density at radius 2 is 0.647 bits per heavy atom. The Kier molecular flexibility index (Phi) is 12.3. The SMILES string of the molecule is c1ccc([Si](c2ccccc2)(c2ccccc2)c2cccc(-c3cc(-c4ccccc4C4CCCCC4)nc(-c4cccc([Si](c5ccccc5)(c5ccccc5)c5ccccc5)c4)n3)c2)cc1. The number of hydrogen-bond donors (Lipinski definition) is 0. The molecule has 0 unspecified atom stereocenters. The van der Waals surface area contributed by atoms with Crippen LogP contribution in [0.1, 0.15) is 43.6 Å². The van der Waals surface area contributed by atoms with Gasteiger partial charge < -0.3 is 0 Å². The minimum atomic E-state index is -2.83. The fraction of sp³-hybridized carbons (Fsp3) is 0.0938. The van der Waals surface area contributed by atoms with Gasteiger partial charge in [0.1, 0.15) is 0 Å². The molecular formula is C64H54N2Si2. The number of nitrogens with zero attached hydrogens (tertiary/aromatic N) is 2. The second-order valence-electron chi connectivity index (χ2n) is 18.2. The summed E-state index contributed by atoms with van der Waals surface area (Å²) in [5, 5.41) is 10.7. The molecule has 10 aromatic rings. The van der Waals surface area contributed by atoms with E-state index in [9.17, 15) is 0 Å². The van der Waals surface area contributed by atoms with Crippen LogP contribution in [0.2, 0.25) is 0 Å². The fourth-order valence-corrected chi connectivity index (χ4v) is 20.9. The highest BCUT2D eigenvalue weighted by molar-refractivity contribution is 7.20. The molecule has 0 saturated heterocycles. The topological polar surface area (TPSA) is 25.8 Å². The Morgan fingerprint density at radius 1 is 0.294 bits per heavy atom. The first-order valence-corrected chi connectivity index (χ1v) is 28.3. The maximum Gasteiger partial charge on any atom is 0.179 e. The number of aromatic nitrogens is 2. The molecule has 68 heavy (non-hydrogen) atoms. The summed E-state index contributed by atoms with van der Waals surface area (Å²) < 4.78 is 0. The molecule has 11 rings (SSSR count). The maximum atomic E-state index is 5.64. The zero-order chi connectivity index (χ0) is 45.6. The van der Waals surface area contributed by atoms with Crippen LogP contribution in [0, 0.1) is 0 Å². The number of benzene rings is 9. The zero-order valence-corrected chi connectivity index (χ0v) is 40.3. The summed E-state index contributed by atoms with van der Waals surface area (Å²) in [5.41, 5.74) is 6.60. The lowest BCUT2D eigenvalue weighted by Crippen LogP contribution is -2.74. The van der Waals surface area contributed by atoms with Crippen LogP contribution >= 0.6 is 0 Å². The molecule has 1 saturated carbocycles. The molecule has 1 heterocycles. The monoisotopic (exact) mass is 906 g/mol. The molecule has 9 aromatic carbocycles. The molecule has 0 amide bonds. The van der Waals surface area contributed by atoms with Gasteiger partial charge >= 0.3 is 0 Å². The van der Waals surface area contributed by atoms with Gasteiger partial charge in [-0.3, -0.25) is 0 Å². The average Bonchev–Trinajstić information content (AvgIpc) is 3.43. The van der Waals surface area contributed by atoms with Gasteiger partial charge in [-0.25, -0.2) is 9.97 Å². The molecule has 0 aliphatic heterocycles. The molecule has 1 aliphatic carbocycles. The van der Waals surface area contributed by atoms with E-state index in [1.54, 1.807) is 0 Å². The predicted octanol–water partition coefficient (Wildman–Crippen LogP) is 10.3. The molecule has 1 aromatic heterocycles. The van der Waals surface area contributed by atoms with Crippen molar-refractivity contribution in [1.82, 2.24) is 9.97 Å². The van der Waals surface area contributed by atoms with Crippen molar-refractivity contribution < 1.29 is 0 Å². The van der Waals surface area contributed by atoms with E-state index in [-0.39, 0.29) is 0 Å². The van der Waals surface area contributed by atoms with E-state index in [1.165, 1.54) is 84.7 Å². The van der Waals surface area contributed by atoms with Gasteiger partial charge in [0.05, 0.1) is 11.4 Å². The Balaban J connectivity index is 1.15. The van der Waals surface area contributed by atoms with E-state index in [4.69, 9.17) is 9.97 Å². The summed E-state index contributed by atoms with van der Waals surface area (Å²) in [5.74, 6) is 1.25. The van der Waals surface area contributed by atoms with Gasteiger partial charge in [0.25, 0.3) is 0 Å². The molecule has 1 fully saturated rings. The van der Waals surface area contributed by atoms with Crippen LogP contribution in [0.5, 0.6) is 0 Å². The van der Waals surface area contributed by atoms with Crippen molar-refractivity contribution in [2.45, 2.75) is 38.0 Å². The second kappa shape index (κ2) is 19.4. The molecule has 328 valence electrons. The maximum absolute atomic E-state index is 5.64. The largest absolute Gasteiger partial charge is 0.228 e. The van der Waals surface area contributed by atoms with Crippen LogP contribution in [0.25, 0.3) is 33.9 Å². The Hall–Kier alpha value is -7.51. The summed E-state index contributed by atoms with van der Waals surface area (Å²) in [7, 11) is -5.64. The predicted molar refractivity (Wildman–Crippen MR) is 291 cm³/mol. The molecular weight excluding hydrogens is 853 g/mol. The highest BCUT2D eigenvalue weighted by atomic mass is 28.3. The van der Waals surface area contributed by atoms with Gasteiger partial charge in [-0.15, -0.1) is 0 Å². The number of rotatable bonds is 12. The van der Waals surface area contributed by atoms with E-state index < -0.39 is 16.1 Å². The van der Waals surface area contributed by atoms with Crippen molar-refractivity contribution in [3.8, 4) is 33.9 Å². The van der Waals surface area contributed by atoms with Gasteiger partial charge in [-0.1, -0.05) is 274 Å². The van der Waals surface area contributed by atoms with E-state index in [0.717, 1.165) is 28.3 Å². The standard InChI is InChI=1S/C64H54N2Si2/c1-8-26-49(27-9-1)60-44-22-23-45-61(60)63-48-62(50-28-24-42-58(46-50)67(52-30-10-2-11-31-52,53-32-12-3-13-33-53)54-34-14-4-15-35-54)65-64(66-63)51-29-25-43-59(47-51)68(55-36-16-5-17-37-55,56-38-18-6-19-39-56)57-40-20-7-21-41-57/h2-7,10-25,28-49H,1,8-9,26-27H2. The van der Waals surface area contributed by atoms with E-state index in [1.807, 2.05) is 0 Å². The Morgan fingerprint density at radius 3 is 1.09 bits per heavy atom. The molecule has 2 nitrogen and oxygen atoms in total. The van der Waals surface area contributed by atoms with Crippen molar-refractivity contribution in [3.05, 3.63) is 266 Å². The molecule has 0 bridgehead atoms. The summed E-state index contributed by atoms with van der Waals surface area (Å²) in [6.07, 6.45) is 6.27. The van der Waals surface area contributed by atoms with Gasteiger partial charge in [0.2, 0.25) is 0 Å². The van der Waals surface area contributed by atoms with Crippen molar-refractivity contribution in [1.29, 1.82) is 0 Å². The van der Waals surface area contributed by atoms with Gasteiger partial charge in [0, 0.05) is 16.7 Å². The van der Waals surface area contributed by atoms with Crippen molar-refractivity contribution in [2.24, 2.45) is 0 Å². The van der Waals surface area contributed by atoms with Gasteiger partial charge in [-0.05, 0) is 71.9 Å². The third kappa shape index (κ3) is 8.00. The fourth-order valence-electron chi connectivity index (χ4n) is 11.3. The van der Waals surface area contributed by atoms with Crippen molar-refractivity contribution in [2.75, 3.05) is 0 Å². The summed E-state index contributed by atoms with van der Waals surface area (Å²) in [6.45, 7) is 0. The van der Waals surface area contributed by atoms with Crippen LogP contribution in [0.15, 0.2) is 261 Å². The quantitative estimate of drug-likeness (QED) is 0.0902. The third-order valence-corrected chi connectivity index (χ3v) is 23.9. The molecule has 1 aliphatic rings. The summed E-state index contributed by atoms with van der Waals surface area (Å²) in [4.78, 5) is 11.3. The first kappa shape index (κ1) is 43.1. The van der Waals surface area contributed by atoms with Crippen LogP contribution in [-0.2, 0) is 0 Å². The molecule has 0 radical (unpaired) electrons. The average molecular weight is 907 g/mol. The van der Waals surface area contributed by atoms with Crippen LogP contribution in [0.3, 0.4) is 0 Å². The van der Waals surface area contributed by atoms with E-state index in [0.29, 0.717) is 5.92 Å². The lowest BCUT2D eigenvalue weighted by molar-refractivity contribution is 0.444. The smallest absolute Gasteiger partial charge is 0.179 e. The molecule has 0 N–H and O–H groups in total. The lowest BCUT2D eigenvalue weighted by atomic mass is 9.81. The number of hydrogen-bond acceptors (Lipinski definition) is 2. The Labute approximate surface area is 403 Å². The van der Waals surface area contributed by atoms with Gasteiger partial charge in [-0.2, -0.15) is 0 Å². The molecule has 0 spiro atoms. The summed E-state index contributed by atoms with van der Waals surface area (Å²) in [6, 6.07) is 96.8. The second-order valence-corrected chi connectivity index (χ2v) is 25.9. The van der Waals surface area contributed by atoms with Crippen molar-refractivity contribution in [3.63, 3.8) is 0 Å². The van der Waals surface area contributed by atoms with Gasteiger partial charge in [0.15, 0.2) is 22.0 Å². The molecule has 0 atom stereocenters.